The summed E-state index contributed by atoms with van der Waals surface area (Å²) in [4.78, 5) is 2.74. The minimum atomic E-state index is 0.0975. The van der Waals surface area contributed by atoms with E-state index in [4.69, 9.17) is 0 Å². The van der Waals surface area contributed by atoms with Crippen LogP contribution in [0, 0.1) is 0 Å². The Kier molecular flexibility index (Phi) is 5.21. The van der Waals surface area contributed by atoms with Gasteiger partial charge in [-0.1, -0.05) is 95.3 Å². The lowest BCUT2D eigenvalue weighted by molar-refractivity contribution is 0.446. The molecule has 0 unspecified atom stereocenters. The molecule has 1 nitrogen and oxygen atoms in total. The summed E-state index contributed by atoms with van der Waals surface area (Å²) < 4.78 is 0. The number of nitrogens with zero attached hydrogens (tertiary/aromatic N) is 1. The molecule has 30 heavy (non-hydrogen) atoms. The molecule has 0 amide bonds. The lowest BCUT2D eigenvalue weighted by atomic mass is 9.76. The highest BCUT2D eigenvalue weighted by molar-refractivity contribution is 5.87. The summed E-state index contributed by atoms with van der Waals surface area (Å²) in [6.45, 7) is 17.7. The third kappa shape index (κ3) is 3.43. The van der Waals surface area contributed by atoms with E-state index < -0.39 is 0 Å². The van der Waals surface area contributed by atoms with Crippen molar-refractivity contribution in [2.75, 3.05) is 11.4 Å². The number of para-hydroxylation sites is 1. The lowest BCUT2D eigenvalue weighted by Gasteiger charge is -2.38. The Balaban J connectivity index is 1.87. The molecule has 1 aliphatic heterocycles. The molecule has 1 saturated heterocycles. The van der Waals surface area contributed by atoms with Crippen molar-refractivity contribution in [2.45, 2.75) is 77.7 Å². The number of benzene rings is 3. The summed E-state index contributed by atoms with van der Waals surface area (Å²) in [6, 6.07) is 22.6. The van der Waals surface area contributed by atoms with Crippen molar-refractivity contribution < 1.29 is 0 Å². The molecule has 0 spiro atoms. The van der Waals surface area contributed by atoms with Crippen LogP contribution in [0.15, 0.2) is 60.7 Å². The van der Waals surface area contributed by atoms with E-state index in [1.54, 1.807) is 0 Å². The van der Waals surface area contributed by atoms with E-state index in [2.05, 4.69) is 114 Å². The van der Waals surface area contributed by atoms with Crippen LogP contribution in [0.5, 0.6) is 0 Å². The molecule has 3 aromatic rings. The molecule has 0 radical (unpaired) electrons. The second kappa shape index (κ2) is 7.45. The Bertz CT molecular complexity index is 1030. The topological polar surface area (TPSA) is 3.24 Å². The SMILES string of the molecule is CC(C)c1cccc(C(C)C)c1N1C[C@@](C)(c2cccc3ccccc23)CC1(C)C. The van der Waals surface area contributed by atoms with Crippen LogP contribution in [0.2, 0.25) is 0 Å². The highest BCUT2D eigenvalue weighted by atomic mass is 15.2. The van der Waals surface area contributed by atoms with Crippen LogP contribution in [-0.4, -0.2) is 12.1 Å². The minimum absolute atomic E-state index is 0.0975. The number of anilines is 1. The highest BCUT2D eigenvalue weighted by Crippen LogP contribution is 2.50. The number of rotatable bonds is 4. The molecular weight excluding hydrogens is 362 g/mol. The van der Waals surface area contributed by atoms with Crippen molar-refractivity contribution in [1.82, 2.24) is 0 Å². The van der Waals surface area contributed by atoms with Crippen molar-refractivity contribution >= 4 is 16.5 Å². The fourth-order valence-electron chi connectivity index (χ4n) is 5.81. The molecule has 1 fully saturated rings. The van der Waals surface area contributed by atoms with Gasteiger partial charge < -0.3 is 4.90 Å². The Morgan fingerprint density at radius 1 is 0.733 bits per heavy atom. The monoisotopic (exact) mass is 399 g/mol. The average molecular weight is 400 g/mol. The maximum atomic E-state index is 2.74. The number of fused-ring (bicyclic) bond motifs is 1. The standard InChI is InChI=1S/C29H37N/c1-20(2)23-15-11-16-24(21(3)4)27(23)30-19-29(7,18-28(30,5)6)26-17-10-13-22-12-8-9-14-25(22)26/h8-17,20-21H,18-19H2,1-7H3/t29-/m0/s1. The molecule has 158 valence electrons. The molecule has 0 aromatic heterocycles. The molecule has 4 rings (SSSR count). The van der Waals surface area contributed by atoms with Crippen molar-refractivity contribution in [3.8, 4) is 0 Å². The Labute approximate surface area is 183 Å². The summed E-state index contributed by atoms with van der Waals surface area (Å²) in [5, 5.41) is 2.75. The zero-order valence-corrected chi connectivity index (χ0v) is 19.8. The number of hydrogen-bond donors (Lipinski definition) is 0. The van der Waals surface area contributed by atoms with E-state index in [0.29, 0.717) is 11.8 Å². The second-order valence-corrected chi connectivity index (χ2v) is 10.8. The van der Waals surface area contributed by atoms with Crippen LogP contribution < -0.4 is 4.90 Å². The minimum Gasteiger partial charge on any atom is -0.365 e. The highest BCUT2D eigenvalue weighted by Gasteiger charge is 2.48. The molecule has 1 aliphatic rings. The van der Waals surface area contributed by atoms with Crippen LogP contribution in [0.1, 0.15) is 83.4 Å². The first kappa shape index (κ1) is 21.0. The molecular formula is C29H37N. The van der Waals surface area contributed by atoms with Crippen LogP contribution in [0.25, 0.3) is 10.8 Å². The van der Waals surface area contributed by atoms with Crippen LogP contribution in [0.4, 0.5) is 5.69 Å². The third-order valence-electron chi connectivity index (χ3n) is 7.11. The molecule has 0 saturated carbocycles. The summed E-state index contributed by atoms with van der Waals surface area (Å²) in [7, 11) is 0. The largest absolute Gasteiger partial charge is 0.365 e. The smallest absolute Gasteiger partial charge is 0.0441 e. The zero-order valence-electron chi connectivity index (χ0n) is 19.8. The molecule has 0 aliphatic carbocycles. The summed E-state index contributed by atoms with van der Waals surface area (Å²) in [5.41, 5.74) is 6.15. The van der Waals surface area contributed by atoms with Crippen molar-refractivity contribution in [3.05, 3.63) is 77.4 Å². The van der Waals surface area contributed by atoms with Crippen molar-refractivity contribution in [3.63, 3.8) is 0 Å². The summed E-state index contributed by atoms with van der Waals surface area (Å²) in [5.74, 6) is 1.03. The maximum Gasteiger partial charge on any atom is 0.0441 e. The van der Waals surface area contributed by atoms with Crippen LogP contribution >= 0.6 is 0 Å². The molecule has 0 bridgehead atoms. The lowest BCUT2D eigenvalue weighted by Crippen LogP contribution is -2.39. The van der Waals surface area contributed by atoms with Gasteiger partial charge in [0.25, 0.3) is 0 Å². The summed E-state index contributed by atoms with van der Waals surface area (Å²) >= 11 is 0. The Hall–Kier alpha value is -2.28. The van der Waals surface area contributed by atoms with Gasteiger partial charge in [0.15, 0.2) is 0 Å². The first-order valence-electron chi connectivity index (χ1n) is 11.5. The fourth-order valence-corrected chi connectivity index (χ4v) is 5.81. The predicted molar refractivity (Wildman–Crippen MR) is 132 cm³/mol. The average Bonchev–Trinajstić information content (AvgIpc) is 2.96. The van der Waals surface area contributed by atoms with E-state index in [0.717, 1.165) is 13.0 Å². The summed E-state index contributed by atoms with van der Waals surface area (Å²) in [6.07, 6.45) is 1.15. The van der Waals surface area contributed by atoms with E-state index in [9.17, 15) is 0 Å². The first-order chi connectivity index (χ1) is 14.1. The normalized spacial score (nSPS) is 21.2. The first-order valence-corrected chi connectivity index (χ1v) is 11.5. The van der Waals surface area contributed by atoms with Crippen LogP contribution in [0.3, 0.4) is 0 Å². The van der Waals surface area contributed by atoms with Gasteiger partial charge in [0, 0.05) is 23.2 Å². The number of hydrogen-bond acceptors (Lipinski definition) is 1. The van der Waals surface area contributed by atoms with Crippen molar-refractivity contribution in [1.29, 1.82) is 0 Å². The Morgan fingerprint density at radius 2 is 1.30 bits per heavy atom. The van der Waals surface area contributed by atoms with Gasteiger partial charge in [0.2, 0.25) is 0 Å². The molecule has 1 heterocycles. The van der Waals surface area contributed by atoms with Gasteiger partial charge in [-0.15, -0.1) is 0 Å². The van der Waals surface area contributed by atoms with E-state index in [1.807, 2.05) is 0 Å². The molecule has 3 aromatic carbocycles. The Morgan fingerprint density at radius 3 is 1.93 bits per heavy atom. The van der Waals surface area contributed by atoms with Gasteiger partial charge in [-0.2, -0.15) is 0 Å². The van der Waals surface area contributed by atoms with Gasteiger partial charge in [0.05, 0.1) is 0 Å². The van der Waals surface area contributed by atoms with Gasteiger partial charge in [-0.3, -0.25) is 0 Å². The van der Waals surface area contributed by atoms with Gasteiger partial charge in [0.1, 0.15) is 0 Å². The van der Waals surface area contributed by atoms with E-state index >= 15 is 0 Å². The third-order valence-corrected chi connectivity index (χ3v) is 7.11. The molecule has 1 atom stereocenters. The fraction of sp³-hybridized carbons (Fsp3) is 0.448. The van der Waals surface area contributed by atoms with E-state index in [1.165, 1.54) is 33.2 Å². The second-order valence-electron chi connectivity index (χ2n) is 10.8. The predicted octanol–water partition coefficient (Wildman–Crippen LogP) is 8.03. The van der Waals surface area contributed by atoms with Gasteiger partial charge >= 0.3 is 0 Å². The van der Waals surface area contributed by atoms with E-state index in [-0.39, 0.29) is 11.0 Å². The zero-order chi connectivity index (χ0) is 21.7. The van der Waals surface area contributed by atoms with Gasteiger partial charge in [-0.05, 0) is 59.6 Å². The van der Waals surface area contributed by atoms with Gasteiger partial charge in [-0.25, -0.2) is 0 Å². The molecule has 1 heteroatoms. The van der Waals surface area contributed by atoms with Crippen LogP contribution in [-0.2, 0) is 5.41 Å². The quantitative estimate of drug-likeness (QED) is 0.429. The maximum absolute atomic E-state index is 2.74. The molecule has 0 N–H and O–H groups in total. The van der Waals surface area contributed by atoms with Crippen molar-refractivity contribution in [2.24, 2.45) is 0 Å².